The minimum Gasteiger partial charge on any atom is -0.497 e. The average molecular weight is 515 g/mol. The highest BCUT2D eigenvalue weighted by atomic mass is 16.5. The van der Waals surface area contributed by atoms with Crippen molar-refractivity contribution < 1.29 is 19.4 Å². The summed E-state index contributed by atoms with van der Waals surface area (Å²) in [4.78, 5) is 13.4. The first-order valence-corrected chi connectivity index (χ1v) is 12.4. The van der Waals surface area contributed by atoms with E-state index in [2.05, 4.69) is 35.2 Å². The largest absolute Gasteiger partial charge is 0.497 e. The van der Waals surface area contributed by atoms with E-state index in [0.29, 0.717) is 5.56 Å². The Balaban J connectivity index is 1.45. The second-order valence-electron chi connectivity index (χ2n) is 9.06. The minimum absolute atomic E-state index is 0.286. The highest BCUT2D eigenvalue weighted by Gasteiger charge is 2.17. The van der Waals surface area contributed by atoms with Crippen LogP contribution in [0.1, 0.15) is 22.3 Å². The Morgan fingerprint density at radius 1 is 0.846 bits per heavy atom. The zero-order chi connectivity index (χ0) is 27.4. The molecule has 0 saturated carbocycles. The topological polar surface area (TPSA) is 82.8 Å². The number of nitrogens with zero attached hydrogens (tertiary/aromatic N) is 2. The first kappa shape index (κ1) is 25.4. The van der Waals surface area contributed by atoms with Crippen molar-refractivity contribution in [2.45, 2.75) is 6.42 Å². The van der Waals surface area contributed by atoms with E-state index in [9.17, 15) is 4.79 Å². The molecule has 5 rings (SSSR count). The molecule has 0 atom stereocenters. The summed E-state index contributed by atoms with van der Waals surface area (Å²) in [5.41, 5.74) is 7.90. The van der Waals surface area contributed by atoms with E-state index in [-0.39, 0.29) is 5.57 Å². The van der Waals surface area contributed by atoms with E-state index in [1.54, 1.807) is 20.3 Å². The molecule has 0 heterocycles. The van der Waals surface area contributed by atoms with Gasteiger partial charge in [-0.25, -0.2) is 4.79 Å². The Bertz CT molecular complexity index is 1560. The molecule has 1 aliphatic carbocycles. The number of carboxylic acids is 1. The van der Waals surface area contributed by atoms with Crippen LogP contribution in [-0.4, -0.2) is 25.3 Å². The molecule has 0 spiro atoms. The lowest BCUT2D eigenvalue weighted by Gasteiger charge is -2.26. The van der Waals surface area contributed by atoms with Crippen LogP contribution in [-0.2, 0) is 11.2 Å². The summed E-state index contributed by atoms with van der Waals surface area (Å²) >= 11 is 0. The molecule has 4 aromatic rings. The molecule has 0 unspecified atom stereocenters. The van der Waals surface area contributed by atoms with E-state index in [1.165, 1.54) is 11.6 Å². The SMILES string of the molecule is COc1ccc(N(c2ccc(OC)cc2)c2ccc(C3=Cc4cc(/C=C(/C#N)C(=O)O)ccc4C3)cc2)cc1. The van der Waals surface area contributed by atoms with Crippen molar-refractivity contribution >= 4 is 40.8 Å². The number of methoxy groups -OCH3 is 2. The summed E-state index contributed by atoms with van der Waals surface area (Å²) in [6.45, 7) is 0. The number of carbonyl (C=O) groups is 1. The summed E-state index contributed by atoms with van der Waals surface area (Å²) in [6.07, 6.45) is 4.30. The van der Waals surface area contributed by atoms with Crippen molar-refractivity contribution in [1.82, 2.24) is 0 Å². The standard InChI is InChI=1S/C33H26N2O4/c1-38-31-13-9-29(10-14-31)35(30-11-15-32(39-2)16-12-30)28-7-5-23(6-8-28)26-19-24-4-3-22(17-25(24)20-26)18-27(21-34)33(36)37/h3-18,20H,19H2,1-2H3,(H,36,37)/b27-18-. The molecule has 1 aliphatic rings. The first-order valence-electron chi connectivity index (χ1n) is 12.4. The van der Waals surface area contributed by atoms with Gasteiger partial charge in [0.1, 0.15) is 23.1 Å². The number of hydrogen-bond acceptors (Lipinski definition) is 5. The van der Waals surface area contributed by atoms with E-state index in [0.717, 1.165) is 51.7 Å². The third-order valence-electron chi connectivity index (χ3n) is 6.70. The predicted octanol–water partition coefficient (Wildman–Crippen LogP) is 7.26. The molecule has 39 heavy (non-hydrogen) atoms. The molecule has 0 aromatic heterocycles. The smallest absolute Gasteiger partial charge is 0.346 e. The summed E-state index contributed by atoms with van der Waals surface area (Å²) in [5, 5.41) is 18.2. The number of ether oxygens (including phenoxy) is 2. The van der Waals surface area contributed by atoms with E-state index in [4.69, 9.17) is 19.8 Å². The zero-order valence-electron chi connectivity index (χ0n) is 21.6. The number of carboxylic acid groups (broad SMARTS) is 1. The molecule has 0 aliphatic heterocycles. The number of rotatable bonds is 8. The van der Waals surface area contributed by atoms with Gasteiger partial charge >= 0.3 is 5.97 Å². The van der Waals surface area contributed by atoms with Crippen LogP contribution in [0.15, 0.2) is 96.6 Å². The number of anilines is 3. The maximum Gasteiger partial charge on any atom is 0.346 e. The second kappa shape index (κ2) is 11.0. The molecule has 0 saturated heterocycles. The molecule has 192 valence electrons. The summed E-state index contributed by atoms with van der Waals surface area (Å²) in [7, 11) is 3.31. The van der Waals surface area contributed by atoms with Gasteiger partial charge in [0.25, 0.3) is 0 Å². The fraction of sp³-hybridized carbons (Fsp3) is 0.0909. The molecule has 6 heteroatoms. The Labute approximate surface area is 227 Å². The third kappa shape index (κ3) is 5.39. The maximum absolute atomic E-state index is 11.2. The Morgan fingerprint density at radius 3 is 1.87 bits per heavy atom. The van der Waals surface area contributed by atoms with Crippen LogP contribution in [0.3, 0.4) is 0 Å². The van der Waals surface area contributed by atoms with Crippen molar-refractivity contribution in [3.8, 4) is 17.6 Å². The van der Waals surface area contributed by atoms with Crippen molar-refractivity contribution in [3.05, 3.63) is 119 Å². The highest BCUT2D eigenvalue weighted by Crippen LogP contribution is 2.38. The van der Waals surface area contributed by atoms with Crippen molar-refractivity contribution in [3.63, 3.8) is 0 Å². The monoisotopic (exact) mass is 514 g/mol. The van der Waals surface area contributed by atoms with Gasteiger partial charge in [-0.15, -0.1) is 0 Å². The van der Waals surface area contributed by atoms with E-state index >= 15 is 0 Å². The molecule has 1 N–H and O–H groups in total. The Kier molecular flexibility index (Phi) is 7.15. The number of aliphatic carboxylic acids is 1. The number of hydrogen-bond donors (Lipinski definition) is 1. The van der Waals surface area contributed by atoms with Crippen LogP contribution in [0.25, 0.3) is 17.7 Å². The summed E-state index contributed by atoms with van der Waals surface area (Å²) in [6, 6.07) is 31.8. The molecular weight excluding hydrogens is 488 g/mol. The van der Waals surface area contributed by atoms with Gasteiger partial charge in [-0.05, 0) is 107 Å². The molecule has 0 radical (unpaired) electrons. The summed E-state index contributed by atoms with van der Waals surface area (Å²) < 4.78 is 10.7. The molecule has 6 nitrogen and oxygen atoms in total. The third-order valence-corrected chi connectivity index (χ3v) is 6.70. The Hall–Kier alpha value is -5.28. The first-order chi connectivity index (χ1) is 19.0. The van der Waals surface area contributed by atoms with E-state index < -0.39 is 5.97 Å². The van der Waals surface area contributed by atoms with Crippen LogP contribution < -0.4 is 14.4 Å². The second-order valence-corrected chi connectivity index (χ2v) is 9.06. The fourth-order valence-electron chi connectivity index (χ4n) is 4.67. The Morgan fingerprint density at radius 2 is 1.38 bits per heavy atom. The van der Waals surface area contributed by atoms with Crippen LogP contribution in [0, 0.1) is 11.3 Å². The van der Waals surface area contributed by atoms with Crippen molar-refractivity contribution in [1.29, 1.82) is 5.26 Å². The lowest BCUT2D eigenvalue weighted by Crippen LogP contribution is -2.10. The molecule has 0 amide bonds. The predicted molar refractivity (Wildman–Crippen MR) is 153 cm³/mol. The zero-order valence-corrected chi connectivity index (χ0v) is 21.6. The van der Waals surface area contributed by atoms with Gasteiger partial charge in [-0.1, -0.05) is 30.3 Å². The van der Waals surface area contributed by atoms with E-state index in [1.807, 2.05) is 66.7 Å². The van der Waals surface area contributed by atoms with Gasteiger partial charge < -0.3 is 19.5 Å². The van der Waals surface area contributed by atoms with Crippen LogP contribution in [0.4, 0.5) is 17.1 Å². The minimum atomic E-state index is -1.23. The van der Waals surface area contributed by atoms with Crippen LogP contribution >= 0.6 is 0 Å². The molecule has 0 fully saturated rings. The molecular formula is C33H26N2O4. The van der Waals surface area contributed by atoms with Gasteiger partial charge in [0.2, 0.25) is 0 Å². The number of nitriles is 1. The van der Waals surface area contributed by atoms with Gasteiger partial charge in [0.15, 0.2) is 0 Å². The summed E-state index contributed by atoms with van der Waals surface area (Å²) in [5.74, 6) is 0.358. The van der Waals surface area contributed by atoms with Crippen molar-refractivity contribution in [2.24, 2.45) is 0 Å². The maximum atomic E-state index is 11.2. The van der Waals surface area contributed by atoms with Crippen LogP contribution in [0.5, 0.6) is 11.5 Å². The van der Waals surface area contributed by atoms with Crippen molar-refractivity contribution in [2.75, 3.05) is 19.1 Å². The number of fused-ring (bicyclic) bond motifs is 1. The highest BCUT2D eigenvalue weighted by molar-refractivity contribution is 5.97. The quantitative estimate of drug-likeness (QED) is 0.197. The molecule has 0 bridgehead atoms. The fourth-order valence-corrected chi connectivity index (χ4v) is 4.67. The average Bonchev–Trinajstić information content (AvgIpc) is 3.40. The van der Waals surface area contributed by atoms with Gasteiger partial charge in [0.05, 0.1) is 14.2 Å². The lowest BCUT2D eigenvalue weighted by atomic mass is 10.0. The van der Waals surface area contributed by atoms with Gasteiger partial charge in [-0.2, -0.15) is 5.26 Å². The van der Waals surface area contributed by atoms with Gasteiger partial charge in [-0.3, -0.25) is 0 Å². The lowest BCUT2D eigenvalue weighted by molar-refractivity contribution is -0.132. The number of allylic oxidation sites excluding steroid dienone is 1. The van der Waals surface area contributed by atoms with Crippen LogP contribution in [0.2, 0.25) is 0 Å². The molecule has 4 aromatic carbocycles. The normalized spacial score (nSPS) is 12.2. The van der Waals surface area contributed by atoms with Gasteiger partial charge in [0, 0.05) is 17.1 Å². The number of benzene rings is 4.